The lowest BCUT2D eigenvalue weighted by Crippen LogP contribution is -2.36. The van der Waals surface area contributed by atoms with Crippen LogP contribution in [0.15, 0.2) is 24.4 Å². The molecule has 1 aromatic heterocycles. The lowest BCUT2D eigenvalue weighted by Gasteiger charge is -2.32. The maximum absolute atomic E-state index is 5.87. The third-order valence-corrected chi connectivity index (χ3v) is 5.48. The van der Waals surface area contributed by atoms with Gasteiger partial charge in [0.2, 0.25) is 0 Å². The molecule has 6 nitrogen and oxygen atoms in total. The van der Waals surface area contributed by atoms with Crippen LogP contribution in [-0.4, -0.2) is 54.2 Å². The summed E-state index contributed by atoms with van der Waals surface area (Å²) in [5, 5.41) is 4.76. The van der Waals surface area contributed by atoms with Crippen LogP contribution in [0.25, 0.3) is 11.3 Å². The second-order valence-electron chi connectivity index (χ2n) is 7.79. The van der Waals surface area contributed by atoms with E-state index in [0.717, 1.165) is 62.0 Å². The Labute approximate surface area is 167 Å². The molecule has 0 radical (unpaired) electrons. The normalized spacial score (nSPS) is 20.1. The number of fused-ring (bicyclic) bond motifs is 1. The molecule has 1 fully saturated rings. The van der Waals surface area contributed by atoms with Crippen LogP contribution in [-0.2, 0) is 18.3 Å². The summed E-state index contributed by atoms with van der Waals surface area (Å²) in [6, 6.07) is 6.17. The number of piperidine rings is 1. The van der Waals surface area contributed by atoms with E-state index in [2.05, 4.69) is 30.2 Å². The number of benzene rings is 1. The van der Waals surface area contributed by atoms with E-state index in [1.165, 1.54) is 18.4 Å². The average Bonchev–Trinajstić information content (AvgIpc) is 2.91. The molecule has 6 heteroatoms. The highest BCUT2D eigenvalue weighted by Gasteiger charge is 2.22. The van der Waals surface area contributed by atoms with E-state index in [1.54, 1.807) is 0 Å². The topological polar surface area (TPSA) is 48.8 Å². The van der Waals surface area contributed by atoms with Crippen molar-refractivity contribution in [2.24, 2.45) is 13.0 Å². The Kier molecular flexibility index (Phi) is 6.17. The zero-order valence-electron chi connectivity index (χ0n) is 17.0. The number of nitrogens with zero attached hydrogens (tertiary/aromatic N) is 3. The van der Waals surface area contributed by atoms with E-state index in [9.17, 15) is 0 Å². The molecule has 1 atom stereocenters. The first-order chi connectivity index (χ1) is 13.7. The molecule has 2 aliphatic heterocycles. The number of ether oxygens (including phenoxy) is 3. The molecule has 0 aliphatic carbocycles. The minimum Gasteiger partial charge on any atom is -0.490 e. The van der Waals surface area contributed by atoms with Gasteiger partial charge in [0, 0.05) is 50.5 Å². The number of aromatic nitrogens is 2. The highest BCUT2D eigenvalue weighted by molar-refractivity contribution is 5.66. The van der Waals surface area contributed by atoms with Crippen molar-refractivity contribution in [3.8, 4) is 22.8 Å². The second-order valence-corrected chi connectivity index (χ2v) is 7.79. The first-order valence-corrected chi connectivity index (χ1v) is 10.5. The predicted molar refractivity (Wildman–Crippen MR) is 109 cm³/mol. The van der Waals surface area contributed by atoms with Gasteiger partial charge in [0.15, 0.2) is 11.5 Å². The molecular formula is C22H31N3O3. The molecular weight excluding hydrogens is 354 g/mol. The van der Waals surface area contributed by atoms with Gasteiger partial charge in [-0.15, -0.1) is 0 Å². The minimum atomic E-state index is 0.631. The smallest absolute Gasteiger partial charge is 0.161 e. The van der Waals surface area contributed by atoms with Crippen molar-refractivity contribution in [1.29, 1.82) is 0 Å². The van der Waals surface area contributed by atoms with Gasteiger partial charge < -0.3 is 14.2 Å². The molecule has 0 bridgehead atoms. The predicted octanol–water partition coefficient (Wildman–Crippen LogP) is 3.50. The maximum atomic E-state index is 5.87. The van der Waals surface area contributed by atoms with Gasteiger partial charge in [-0.25, -0.2) is 0 Å². The van der Waals surface area contributed by atoms with Crippen LogP contribution in [0.3, 0.4) is 0 Å². The number of hydrogen-bond acceptors (Lipinski definition) is 5. The lowest BCUT2D eigenvalue weighted by molar-refractivity contribution is 0.0648. The van der Waals surface area contributed by atoms with E-state index in [-0.39, 0.29) is 0 Å². The van der Waals surface area contributed by atoms with Gasteiger partial charge in [-0.2, -0.15) is 5.10 Å². The monoisotopic (exact) mass is 385 g/mol. The quantitative estimate of drug-likeness (QED) is 0.762. The summed E-state index contributed by atoms with van der Waals surface area (Å²) >= 11 is 0. The maximum Gasteiger partial charge on any atom is 0.161 e. The number of hydrogen-bond donors (Lipinski definition) is 0. The van der Waals surface area contributed by atoms with Gasteiger partial charge in [-0.05, 0) is 50.4 Å². The molecule has 1 saturated heterocycles. The molecule has 28 heavy (non-hydrogen) atoms. The van der Waals surface area contributed by atoms with Crippen molar-refractivity contribution >= 4 is 0 Å². The molecule has 1 aromatic carbocycles. The van der Waals surface area contributed by atoms with E-state index in [4.69, 9.17) is 19.3 Å². The summed E-state index contributed by atoms with van der Waals surface area (Å²) in [6.07, 6.45) is 5.55. The summed E-state index contributed by atoms with van der Waals surface area (Å²) in [5.41, 5.74) is 3.38. The Morgan fingerprint density at radius 3 is 2.89 bits per heavy atom. The highest BCUT2D eigenvalue weighted by atomic mass is 16.5. The van der Waals surface area contributed by atoms with Crippen molar-refractivity contribution < 1.29 is 14.2 Å². The second kappa shape index (κ2) is 8.97. The zero-order valence-corrected chi connectivity index (χ0v) is 17.0. The zero-order chi connectivity index (χ0) is 19.3. The number of rotatable bonds is 6. The van der Waals surface area contributed by atoms with Crippen LogP contribution < -0.4 is 9.47 Å². The van der Waals surface area contributed by atoms with Gasteiger partial charge in [-0.3, -0.25) is 9.58 Å². The fraction of sp³-hybridized carbons (Fsp3) is 0.591. The van der Waals surface area contributed by atoms with E-state index < -0.39 is 0 Å². The lowest BCUT2D eigenvalue weighted by atomic mass is 9.98. The van der Waals surface area contributed by atoms with Crippen molar-refractivity contribution in [2.45, 2.75) is 32.7 Å². The van der Waals surface area contributed by atoms with Gasteiger partial charge in [0.25, 0.3) is 0 Å². The molecule has 1 unspecified atom stereocenters. The third-order valence-electron chi connectivity index (χ3n) is 5.48. The molecule has 0 N–H and O–H groups in total. The summed E-state index contributed by atoms with van der Waals surface area (Å²) in [7, 11) is 1.99. The standard InChI is InChI=1S/C22H31N3O3/c1-3-26-16-17-6-4-9-25(13-17)15-19-14-24(2)23-22(19)18-7-8-20-21(12-18)28-11-5-10-27-20/h7-8,12,14,17H,3-6,9-11,13,15-16H2,1-2H3. The molecule has 3 heterocycles. The third kappa shape index (κ3) is 4.50. The van der Waals surface area contributed by atoms with Crippen LogP contribution >= 0.6 is 0 Å². The average molecular weight is 386 g/mol. The van der Waals surface area contributed by atoms with Crippen molar-refractivity contribution in [2.75, 3.05) is 39.5 Å². The fourth-order valence-corrected chi connectivity index (χ4v) is 4.16. The van der Waals surface area contributed by atoms with Gasteiger partial charge >= 0.3 is 0 Å². The van der Waals surface area contributed by atoms with Crippen LogP contribution in [0, 0.1) is 5.92 Å². The Morgan fingerprint density at radius 1 is 1.18 bits per heavy atom. The van der Waals surface area contributed by atoms with E-state index in [0.29, 0.717) is 19.1 Å². The van der Waals surface area contributed by atoms with Crippen molar-refractivity contribution in [3.63, 3.8) is 0 Å². The summed E-state index contributed by atoms with van der Waals surface area (Å²) in [5.74, 6) is 2.28. The first-order valence-electron chi connectivity index (χ1n) is 10.5. The van der Waals surface area contributed by atoms with Gasteiger partial charge in [0.1, 0.15) is 0 Å². The van der Waals surface area contributed by atoms with Gasteiger partial charge in [-0.1, -0.05) is 0 Å². The molecule has 0 amide bonds. The fourth-order valence-electron chi connectivity index (χ4n) is 4.16. The highest BCUT2D eigenvalue weighted by Crippen LogP contribution is 2.35. The molecule has 0 saturated carbocycles. The van der Waals surface area contributed by atoms with Crippen LogP contribution in [0.2, 0.25) is 0 Å². The van der Waals surface area contributed by atoms with Crippen LogP contribution in [0.1, 0.15) is 31.7 Å². The largest absolute Gasteiger partial charge is 0.490 e. The Hall–Kier alpha value is -2.05. The SMILES string of the molecule is CCOCC1CCCN(Cc2cn(C)nc2-c2ccc3c(c2)OCCCO3)C1. The Bertz CT molecular complexity index is 789. The molecule has 152 valence electrons. The summed E-state index contributed by atoms with van der Waals surface area (Å²) < 4.78 is 19.2. The van der Waals surface area contributed by atoms with Crippen molar-refractivity contribution in [3.05, 3.63) is 30.0 Å². The number of aryl methyl sites for hydroxylation is 1. The summed E-state index contributed by atoms with van der Waals surface area (Å²) in [4.78, 5) is 2.54. The molecule has 4 rings (SSSR count). The Morgan fingerprint density at radius 2 is 2.04 bits per heavy atom. The van der Waals surface area contributed by atoms with Gasteiger partial charge in [0.05, 0.1) is 25.5 Å². The molecule has 2 aromatic rings. The van der Waals surface area contributed by atoms with Crippen LogP contribution in [0.5, 0.6) is 11.5 Å². The van der Waals surface area contributed by atoms with E-state index >= 15 is 0 Å². The van der Waals surface area contributed by atoms with Crippen molar-refractivity contribution in [1.82, 2.24) is 14.7 Å². The van der Waals surface area contributed by atoms with E-state index in [1.807, 2.05) is 17.8 Å². The Balaban J connectivity index is 1.52. The first kappa shape index (κ1) is 19.3. The number of likely N-dealkylation sites (tertiary alicyclic amines) is 1. The minimum absolute atomic E-state index is 0.631. The molecule has 0 spiro atoms. The summed E-state index contributed by atoms with van der Waals surface area (Å²) in [6.45, 7) is 8.29. The van der Waals surface area contributed by atoms with Crippen LogP contribution in [0.4, 0.5) is 0 Å². The molecule has 2 aliphatic rings.